The van der Waals surface area contributed by atoms with E-state index < -0.39 is 0 Å². The number of carbonyl (C=O) groups excluding carboxylic acids is 1. The summed E-state index contributed by atoms with van der Waals surface area (Å²) in [4.78, 5) is 12.2. The Morgan fingerprint density at radius 2 is 1.83 bits per heavy atom. The second kappa shape index (κ2) is 4.99. The molecule has 0 aliphatic carbocycles. The van der Waals surface area contributed by atoms with Gasteiger partial charge in [-0.1, -0.05) is 43.0 Å². The maximum Gasteiger partial charge on any atom is 0.338 e. The predicted molar refractivity (Wildman–Crippen MR) is 90.9 cm³/mol. The average molecular weight is 302 g/mol. The lowest BCUT2D eigenvalue weighted by Gasteiger charge is -2.23. The van der Waals surface area contributed by atoms with E-state index >= 15 is 0 Å². The second-order valence-corrected chi connectivity index (χ2v) is 5.36. The molecule has 1 heterocycles. The average Bonchev–Trinajstić information content (AvgIpc) is 2.61. The van der Waals surface area contributed by atoms with Gasteiger partial charge >= 0.3 is 5.97 Å². The molecule has 0 unspecified atom stereocenters. The molecule has 0 saturated carbocycles. The topological polar surface area (TPSA) is 35.5 Å². The third-order valence-electron chi connectivity index (χ3n) is 4.18. The van der Waals surface area contributed by atoms with Gasteiger partial charge in [-0.3, -0.25) is 0 Å². The molecule has 0 aromatic heterocycles. The summed E-state index contributed by atoms with van der Waals surface area (Å²) in [5.41, 5.74) is 3.47. The number of methoxy groups -OCH3 is 1. The van der Waals surface area contributed by atoms with Crippen LogP contribution < -0.4 is 4.74 Å². The summed E-state index contributed by atoms with van der Waals surface area (Å²) in [6.45, 7) is 3.86. The molecule has 0 spiro atoms. The van der Waals surface area contributed by atoms with Crippen LogP contribution in [0.4, 0.5) is 0 Å². The van der Waals surface area contributed by atoms with Crippen molar-refractivity contribution in [1.82, 2.24) is 0 Å². The number of esters is 1. The van der Waals surface area contributed by atoms with Gasteiger partial charge in [0.05, 0.1) is 12.7 Å². The zero-order valence-electron chi connectivity index (χ0n) is 12.6. The molecule has 1 aliphatic heterocycles. The number of ether oxygens (including phenoxy) is 2. The lowest BCUT2D eigenvalue weighted by Crippen LogP contribution is -2.05. The summed E-state index contributed by atoms with van der Waals surface area (Å²) in [5.74, 6) is 1.19. The summed E-state index contributed by atoms with van der Waals surface area (Å²) in [5, 5.41) is 1.74. The molecular weight excluding hydrogens is 288 g/mol. The number of para-hydroxylation sites is 1. The Balaban J connectivity index is 2.17. The number of carbonyl (C=O) groups is 1. The van der Waals surface area contributed by atoms with Crippen LogP contribution >= 0.6 is 0 Å². The van der Waals surface area contributed by atoms with Gasteiger partial charge in [-0.05, 0) is 29.3 Å². The maximum absolute atomic E-state index is 12.2. The monoisotopic (exact) mass is 302 g/mol. The minimum Gasteiger partial charge on any atom is -0.465 e. The lowest BCUT2D eigenvalue weighted by molar-refractivity contribution is 0.0603. The molecular formula is C20H14O3. The molecule has 23 heavy (non-hydrogen) atoms. The van der Waals surface area contributed by atoms with E-state index in [0.29, 0.717) is 5.56 Å². The van der Waals surface area contributed by atoms with Crippen LogP contribution in [0.15, 0.2) is 55.1 Å². The van der Waals surface area contributed by atoms with Crippen molar-refractivity contribution in [3.8, 4) is 22.6 Å². The van der Waals surface area contributed by atoms with Gasteiger partial charge in [-0.15, -0.1) is 0 Å². The molecule has 0 amide bonds. The molecule has 0 saturated heterocycles. The van der Waals surface area contributed by atoms with Gasteiger partial charge in [0.2, 0.25) is 0 Å². The van der Waals surface area contributed by atoms with Crippen LogP contribution in [0.5, 0.6) is 11.5 Å². The van der Waals surface area contributed by atoms with Crippen molar-refractivity contribution in [2.75, 3.05) is 7.11 Å². The highest BCUT2D eigenvalue weighted by molar-refractivity contribution is 6.15. The highest BCUT2D eigenvalue weighted by Gasteiger charge is 2.24. The molecule has 3 nitrogen and oxygen atoms in total. The Labute approximate surface area is 133 Å². The van der Waals surface area contributed by atoms with Gasteiger partial charge in [0.25, 0.3) is 0 Å². The molecule has 1 aliphatic rings. The molecule has 0 fully saturated rings. The third-order valence-corrected chi connectivity index (χ3v) is 4.18. The maximum atomic E-state index is 12.2. The van der Waals surface area contributed by atoms with Gasteiger partial charge in [-0.25, -0.2) is 4.79 Å². The zero-order chi connectivity index (χ0) is 16.0. The third kappa shape index (κ3) is 1.87. The number of hydrogen-bond donors (Lipinski definition) is 0. The first-order chi connectivity index (χ1) is 11.2. The number of hydrogen-bond acceptors (Lipinski definition) is 3. The van der Waals surface area contributed by atoms with Crippen molar-refractivity contribution in [1.29, 1.82) is 0 Å². The van der Waals surface area contributed by atoms with Gasteiger partial charge < -0.3 is 9.47 Å². The highest BCUT2D eigenvalue weighted by atomic mass is 16.5. The van der Waals surface area contributed by atoms with E-state index in [9.17, 15) is 4.79 Å². The second-order valence-electron chi connectivity index (χ2n) is 5.36. The largest absolute Gasteiger partial charge is 0.465 e. The van der Waals surface area contributed by atoms with Crippen molar-refractivity contribution in [3.63, 3.8) is 0 Å². The van der Waals surface area contributed by atoms with Crippen molar-refractivity contribution >= 4 is 22.8 Å². The molecule has 0 bridgehead atoms. The van der Waals surface area contributed by atoms with Crippen LogP contribution in [0.1, 0.15) is 15.9 Å². The van der Waals surface area contributed by atoms with E-state index in [0.717, 1.165) is 39.0 Å². The highest BCUT2D eigenvalue weighted by Crippen LogP contribution is 2.48. The van der Waals surface area contributed by atoms with Crippen LogP contribution in [0.2, 0.25) is 0 Å². The molecule has 0 radical (unpaired) electrons. The zero-order valence-corrected chi connectivity index (χ0v) is 12.6. The summed E-state index contributed by atoms with van der Waals surface area (Å²) < 4.78 is 11.0. The first-order valence-corrected chi connectivity index (χ1v) is 7.32. The van der Waals surface area contributed by atoms with E-state index in [4.69, 9.17) is 9.47 Å². The molecule has 3 heteroatoms. The summed E-state index contributed by atoms with van der Waals surface area (Å²) >= 11 is 0. The number of rotatable bonds is 2. The Morgan fingerprint density at radius 3 is 2.61 bits per heavy atom. The lowest BCUT2D eigenvalue weighted by atomic mass is 9.89. The van der Waals surface area contributed by atoms with Crippen LogP contribution in [-0.2, 0) is 4.74 Å². The van der Waals surface area contributed by atoms with E-state index in [1.807, 2.05) is 42.5 Å². The summed E-state index contributed by atoms with van der Waals surface area (Å²) in [6, 6.07) is 15.5. The van der Waals surface area contributed by atoms with Crippen LogP contribution in [-0.4, -0.2) is 13.1 Å². The van der Waals surface area contributed by atoms with Gasteiger partial charge in [0.15, 0.2) is 0 Å². The Kier molecular flexibility index (Phi) is 2.95. The molecule has 0 N–H and O–H groups in total. The fourth-order valence-electron chi connectivity index (χ4n) is 3.15. The van der Waals surface area contributed by atoms with E-state index in [2.05, 4.69) is 6.58 Å². The Morgan fingerprint density at radius 1 is 1.00 bits per heavy atom. The molecule has 4 rings (SSSR count). The molecule has 3 aromatic rings. The van der Waals surface area contributed by atoms with Crippen molar-refractivity contribution in [3.05, 3.63) is 66.2 Å². The quantitative estimate of drug-likeness (QED) is 0.486. The standard InChI is InChI=1S/C20H14O3/c1-3-12-8-9-14-13-6-4-5-7-16(13)23-17-11-10-15(20(21)22-2)18(12)19(14)17/h3-11H,1H2,2H3. The Bertz CT molecular complexity index is 970. The van der Waals surface area contributed by atoms with Gasteiger partial charge in [0, 0.05) is 16.3 Å². The van der Waals surface area contributed by atoms with E-state index in [1.165, 1.54) is 7.11 Å². The number of fused-ring (bicyclic) bond motifs is 2. The number of benzene rings is 3. The van der Waals surface area contributed by atoms with Crippen LogP contribution in [0, 0.1) is 0 Å². The SMILES string of the molecule is C=Cc1ccc2c3c(ccc(C(=O)OC)c13)Oc1ccccc1-2. The van der Waals surface area contributed by atoms with Crippen molar-refractivity contribution in [2.24, 2.45) is 0 Å². The summed E-state index contributed by atoms with van der Waals surface area (Å²) in [6.07, 6.45) is 1.75. The fraction of sp³-hybridized carbons (Fsp3) is 0.0500. The van der Waals surface area contributed by atoms with Crippen molar-refractivity contribution in [2.45, 2.75) is 0 Å². The van der Waals surface area contributed by atoms with E-state index in [-0.39, 0.29) is 5.97 Å². The fourth-order valence-corrected chi connectivity index (χ4v) is 3.15. The molecule has 0 atom stereocenters. The van der Waals surface area contributed by atoms with E-state index in [1.54, 1.807) is 12.1 Å². The minimum absolute atomic E-state index is 0.365. The van der Waals surface area contributed by atoms with Gasteiger partial charge in [0.1, 0.15) is 11.5 Å². The molecule has 112 valence electrons. The van der Waals surface area contributed by atoms with Crippen LogP contribution in [0.25, 0.3) is 28.0 Å². The normalized spacial score (nSPS) is 11.5. The summed E-state index contributed by atoms with van der Waals surface area (Å²) in [7, 11) is 1.39. The molecule has 3 aromatic carbocycles. The van der Waals surface area contributed by atoms with Gasteiger partial charge in [-0.2, -0.15) is 0 Å². The first kappa shape index (κ1) is 13.6. The minimum atomic E-state index is -0.365. The predicted octanol–water partition coefficient (Wildman–Crippen LogP) is 5.04. The van der Waals surface area contributed by atoms with Crippen molar-refractivity contribution < 1.29 is 14.3 Å². The first-order valence-electron chi connectivity index (χ1n) is 7.32. The smallest absolute Gasteiger partial charge is 0.338 e. The van der Waals surface area contributed by atoms with Crippen LogP contribution in [0.3, 0.4) is 0 Å². The Hall–Kier alpha value is -3.07.